The fourth-order valence-corrected chi connectivity index (χ4v) is 2.07. The Labute approximate surface area is 152 Å². The lowest BCUT2D eigenvalue weighted by molar-refractivity contribution is -0.138. The van der Waals surface area contributed by atoms with Crippen LogP contribution in [0.15, 0.2) is 60.7 Å². The molecule has 0 aliphatic heterocycles. The third kappa shape index (κ3) is 7.38. The van der Waals surface area contributed by atoms with E-state index in [2.05, 4.69) is 0 Å². The molecule has 6 heteroatoms. The molecule has 1 atom stereocenters. The molecular weight excluding hydrogens is 332 g/mol. The van der Waals surface area contributed by atoms with Crippen LogP contribution in [0.25, 0.3) is 0 Å². The first-order valence-electron chi connectivity index (χ1n) is 8.35. The number of aliphatic carboxylic acids is 1. The maximum atomic E-state index is 11.8. The van der Waals surface area contributed by atoms with E-state index in [9.17, 15) is 14.4 Å². The third-order valence-corrected chi connectivity index (χ3v) is 3.56. The summed E-state index contributed by atoms with van der Waals surface area (Å²) in [6.07, 6.45) is 2.16. The van der Waals surface area contributed by atoms with Crippen molar-refractivity contribution in [1.29, 1.82) is 0 Å². The van der Waals surface area contributed by atoms with Gasteiger partial charge in [0.1, 0.15) is 6.04 Å². The minimum absolute atomic E-state index is 0.427. The molecule has 0 aliphatic carbocycles. The molecule has 0 aromatic heterocycles. The normalized spacial score (nSPS) is 11.0. The first-order chi connectivity index (χ1) is 12.5. The summed E-state index contributed by atoms with van der Waals surface area (Å²) in [5.41, 5.74) is 11.3. The molecule has 138 valence electrons. The maximum absolute atomic E-state index is 11.8. The number of unbranched alkanes of at least 4 members (excludes halogenated alkanes) is 1. The van der Waals surface area contributed by atoms with Gasteiger partial charge in [0.15, 0.2) is 0 Å². The van der Waals surface area contributed by atoms with E-state index in [0.29, 0.717) is 24.1 Å². The van der Waals surface area contributed by atoms with E-state index in [1.807, 2.05) is 12.1 Å². The summed E-state index contributed by atoms with van der Waals surface area (Å²) in [4.78, 5) is 33.7. The van der Waals surface area contributed by atoms with Crippen LogP contribution in [0.1, 0.15) is 40.0 Å². The third-order valence-electron chi connectivity index (χ3n) is 3.56. The second-order valence-electron chi connectivity index (χ2n) is 5.62. The molecule has 0 saturated carbocycles. The minimum atomic E-state index is -0.933. The number of carboxylic acids is 1. The molecule has 0 bridgehead atoms. The molecular formula is C20H24N2O4. The zero-order chi connectivity index (χ0) is 19.4. The summed E-state index contributed by atoms with van der Waals surface area (Å²) in [6.45, 7) is 0.604. The summed E-state index contributed by atoms with van der Waals surface area (Å²) >= 11 is 0. The maximum Gasteiger partial charge on any atom is 0.320 e. The zero-order valence-electron chi connectivity index (χ0n) is 14.5. The molecule has 0 amide bonds. The van der Waals surface area contributed by atoms with Gasteiger partial charge in [-0.1, -0.05) is 67.1 Å². The molecule has 0 saturated heterocycles. The van der Waals surface area contributed by atoms with Gasteiger partial charge in [-0.25, -0.2) is 0 Å². The van der Waals surface area contributed by atoms with E-state index in [1.54, 1.807) is 48.5 Å². The van der Waals surface area contributed by atoms with Gasteiger partial charge in [-0.2, -0.15) is 0 Å². The number of ketones is 2. The summed E-state index contributed by atoms with van der Waals surface area (Å²) < 4.78 is 0. The van der Waals surface area contributed by atoms with Crippen LogP contribution >= 0.6 is 0 Å². The smallest absolute Gasteiger partial charge is 0.320 e. The van der Waals surface area contributed by atoms with E-state index >= 15 is 0 Å². The first-order valence-corrected chi connectivity index (χ1v) is 8.35. The predicted molar refractivity (Wildman–Crippen MR) is 100 cm³/mol. The number of rotatable bonds is 8. The zero-order valence-corrected chi connectivity index (χ0v) is 14.5. The van der Waals surface area contributed by atoms with E-state index in [4.69, 9.17) is 16.6 Å². The number of carbonyl (C=O) groups excluding carboxylic acids is 2. The molecule has 2 aromatic rings. The Balaban J connectivity index is 0.000000294. The summed E-state index contributed by atoms with van der Waals surface area (Å²) in [5.74, 6) is -1.87. The monoisotopic (exact) mass is 356 g/mol. The number of hydrogen-bond acceptors (Lipinski definition) is 5. The Kier molecular flexibility index (Phi) is 9.53. The van der Waals surface area contributed by atoms with Crippen molar-refractivity contribution in [2.45, 2.75) is 25.3 Å². The number of Topliss-reactive ketones (excluding diaryl/α,β-unsaturated/α-hetero) is 2. The highest BCUT2D eigenvalue weighted by Crippen LogP contribution is 2.07. The quantitative estimate of drug-likeness (QED) is 0.379. The number of hydrogen-bond donors (Lipinski definition) is 3. The highest BCUT2D eigenvalue weighted by atomic mass is 16.4. The van der Waals surface area contributed by atoms with Gasteiger partial charge in [0.2, 0.25) is 11.6 Å². The van der Waals surface area contributed by atoms with Crippen LogP contribution in [0.4, 0.5) is 0 Å². The fourth-order valence-electron chi connectivity index (χ4n) is 2.07. The van der Waals surface area contributed by atoms with Crippen molar-refractivity contribution < 1.29 is 19.5 Å². The summed E-state index contributed by atoms with van der Waals surface area (Å²) in [6, 6.07) is 16.4. The average Bonchev–Trinajstić information content (AvgIpc) is 2.68. The molecule has 0 spiro atoms. The highest BCUT2D eigenvalue weighted by Gasteiger charge is 2.17. The van der Waals surface area contributed by atoms with Crippen LogP contribution in [-0.2, 0) is 4.79 Å². The van der Waals surface area contributed by atoms with E-state index in [-0.39, 0.29) is 0 Å². The number of carbonyl (C=O) groups is 3. The molecule has 2 aromatic carbocycles. The molecule has 0 radical (unpaired) electrons. The Morgan fingerprint density at radius 3 is 1.58 bits per heavy atom. The standard InChI is InChI=1S/C14H10O2.C6H14N2O2/c15-13(11-7-3-1-4-8-11)14(16)12-9-5-2-6-10-12;7-4-2-1-3-5(8)6(9)10/h1-10H;5H,1-4,7-8H2,(H,9,10)/t;5-/m.0/s1. The van der Waals surface area contributed by atoms with Crippen LogP contribution in [0, 0.1) is 0 Å². The average molecular weight is 356 g/mol. The molecule has 0 unspecified atom stereocenters. The van der Waals surface area contributed by atoms with Gasteiger partial charge in [0.05, 0.1) is 0 Å². The Morgan fingerprint density at radius 1 is 0.808 bits per heavy atom. The van der Waals surface area contributed by atoms with Crippen LogP contribution in [-0.4, -0.2) is 35.2 Å². The fraction of sp³-hybridized carbons (Fsp3) is 0.250. The molecule has 0 heterocycles. The molecule has 2 rings (SSSR count). The topological polar surface area (TPSA) is 123 Å². The van der Waals surface area contributed by atoms with Gasteiger partial charge >= 0.3 is 5.97 Å². The lowest BCUT2D eigenvalue weighted by Gasteiger charge is -2.03. The van der Waals surface area contributed by atoms with E-state index < -0.39 is 23.6 Å². The van der Waals surface area contributed by atoms with Gasteiger partial charge in [0, 0.05) is 11.1 Å². The van der Waals surface area contributed by atoms with Gasteiger partial charge in [-0.3, -0.25) is 14.4 Å². The summed E-state index contributed by atoms with van der Waals surface area (Å²) in [5, 5.41) is 8.33. The molecule has 26 heavy (non-hydrogen) atoms. The second kappa shape index (κ2) is 11.7. The Hall–Kier alpha value is -2.83. The van der Waals surface area contributed by atoms with Gasteiger partial charge in [-0.05, 0) is 19.4 Å². The summed E-state index contributed by atoms with van der Waals surface area (Å²) in [7, 11) is 0. The number of nitrogens with two attached hydrogens (primary N) is 2. The highest BCUT2D eigenvalue weighted by molar-refractivity contribution is 6.49. The largest absolute Gasteiger partial charge is 0.480 e. The van der Waals surface area contributed by atoms with Crippen LogP contribution in [0.5, 0.6) is 0 Å². The van der Waals surface area contributed by atoms with Crippen molar-refractivity contribution in [3.63, 3.8) is 0 Å². The van der Waals surface area contributed by atoms with Crippen molar-refractivity contribution in [3.8, 4) is 0 Å². The molecule has 0 aliphatic rings. The number of carboxylic acid groups (broad SMARTS) is 1. The van der Waals surface area contributed by atoms with E-state index in [0.717, 1.165) is 12.8 Å². The molecule has 5 N–H and O–H groups in total. The van der Waals surface area contributed by atoms with Gasteiger partial charge in [-0.15, -0.1) is 0 Å². The second-order valence-corrected chi connectivity index (χ2v) is 5.62. The SMILES string of the molecule is NCCCC[C@H](N)C(=O)O.O=C(C(=O)c1ccccc1)c1ccccc1. The molecule has 0 fully saturated rings. The van der Waals surface area contributed by atoms with Crippen molar-refractivity contribution in [3.05, 3.63) is 71.8 Å². The van der Waals surface area contributed by atoms with Crippen LogP contribution in [0.3, 0.4) is 0 Å². The predicted octanol–water partition coefficient (Wildman–Crippen LogP) is 2.28. The van der Waals surface area contributed by atoms with E-state index in [1.165, 1.54) is 0 Å². The van der Waals surface area contributed by atoms with Crippen LogP contribution in [0.2, 0.25) is 0 Å². The van der Waals surface area contributed by atoms with Crippen LogP contribution < -0.4 is 11.5 Å². The lowest BCUT2D eigenvalue weighted by atomic mass is 10.0. The van der Waals surface area contributed by atoms with Gasteiger partial charge < -0.3 is 16.6 Å². The Bertz CT molecular complexity index is 653. The van der Waals surface area contributed by atoms with Crippen molar-refractivity contribution in [2.24, 2.45) is 11.5 Å². The Morgan fingerprint density at radius 2 is 1.23 bits per heavy atom. The molecule has 6 nitrogen and oxygen atoms in total. The van der Waals surface area contributed by atoms with Crippen molar-refractivity contribution in [1.82, 2.24) is 0 Å². The van der Waals surface area contributed by atoms with Gasteiger partial charge in [0.25, 0.3) is 0 Å². The van der Waals surface area contributed by atoms with Crippen molar-refractivity contribution in [2.75, 3.05) is 6.54 Å². The van der Waals surface area contributed by atoms with Crippen molar-refractivity contribution >= 4 is 17.5 Å². The first kappa shape index (κ1) is 21.2. The minimum Gasteiger partial charge on any atom is -0.480 e. The lowest BCUT2D eigenvalue weighted by Crippen LogP contribution is -2.29. The number of benzene rings is 2.